The molecule has 0 bridgehead atoms. The summed E-state index contributed by atoms with van der Waals surface area (Å²) in [6.45, 7) is 22.6. The quantitative estimate of drug-likeness (QED) is 0.0647. The van der Waals surface area contributed by atoms with E-state index in [2.05, 4.69) is 140 Å². The molecule has 0 saturated carbocycles. The number of aldehydes is 1. The maximum Gasteiger partial charge on any atom is 1.00 e. The second-order valence-corrected chi connectivity index (χ2v) is 29.1. The largest absolute Gasteiger partial charge is 1.00 e. The molecular weight excluding hydrogens is 863 g/mol. The number of benzene rings is 5. The zero-order chi connectivity index (χ0) is 47.7. The number of aliphatic hydroxyl groups excluding tert-OH is 1. The molecule has 1 N–H and O–H groups in total. The third kappa shape index (κ3) is 21.1. The first kappa shape index (κ1) is 62.5. The van der Waals surface area contributed by atoms with Gasteiger partial charge in [0, 0.05) is 6.99 Å². The third-order valence-electron chi connectivity index (χ3n) is 12.1. The second-order valence-electron chi connectivity index (χ2n) is 18.6. The molecule has 0 spiro atoms. The van der Waals surface area contributed by atoms with Gasteiger partial charge in [0.15, 0.2) is 0 Å². The fourth-order valence-electron chi connectivity index (χ4n) is 8.40. The predicted molar refractivity (Wildman–Crippen MR) is 285 cm³/mol. The van der Waals surface area contributed by atoms with E-state index in [9.17, 15) is 15.0 Å². The Balaban J connectivity index is 0.000000827. The molecule has 5 aromatic carbocycles. The average molecular weight is 947 g/mol. The van der Waals surface area contributed by atoms with Crippen molar-refractivity contribution in [2.24, 2.45) is 0 Å². The van der Waals surface area contributed by atoms with E-state index in [1.54, 1.807) is 18.2 Å². The minimum Gasteiger partial charge on any atom is -0.850 e. The summed E-state index contributed by atoms with van der Waals surface area (Å²) in [7, 11) is -3.97. The van der Waals surface area contributed by atoms with Crippen molar-refractivity contribution in [2.45, 2.75) is 168 Å². The molecule has 0 fully saturated rings. The second kappa shape index (κ2) is 33.9. The Morgan fingerprint density at radius 1 is 0.642 bits per heavy atom. The number of rotatable bonds is 16. The van der Waals surface area contributed by atoms with Crippen LogP contribution in [0.1, 0.15) is 163 Å². The van der Waals surface area contributed by atoms with Crippen LogP contribution in [0.25, 0.3) is 0 Å². The number of unbranched alkanes of at least 4 members (excludes halogenated alkanes) is 4. The molecule has 2 aliphatic heterocycles. The molecule has 0 radical (unpaired) electrons. The van der Waals surface area contributed by atoms with Crippen molar-refractivity contribution in [3.63, 3.8) is 0 Å². The van der Waals surface area contributed by atoms with Crippen LogP contribution < -0.4 is 58.4 Å². The Kier molecular flexibility index (Phi) is 31.6. The van der Waals surface area contributed by atoms with Crippen molar-refractivity contribution in [3.05, 3.63) is 161 Å². The summed E-state index contributed by atoms with van der Waals surface area (Å²) in [5.41, 5.74) is 5.62. The molecule has 4 unspecified atom stereocenters. The molecule has 356 valence electrons. The van der Waals surface area contributed by atoms with Crippen molar-refractivity contribution < 1.29 is 63.0 Å². The van der Waals surface area contributed by atoms with Gasteiger partial charge in [0.05, 0.1) is 27.1 Å². The molecule has 0 saturated heterocycles. The van der Waals surface area contributed by atoms with Crippen molar-refractivity contribution >= 4 is 47.3 Å². The van der Waals surface area contributed by atoms with E-state index in [1.165, 1.54) is 70.8 Å². The van der Waals surface area contributed by atoms with E-state index in [4.69, 9.17) is 8.85 Å². The minimum absolute atomic E-state index is 0. The van der Waals surface area contributed by atoms with Crippen LogP contribution in [0.4, 0.5) is 0 Å². The van der Waals surface area contributed by atoms with E-state index in [1.807, 2.05) is 42.5 Å². The van der Waals surface area contributed by atoms with Crippen molar-refractivity contribution in [1.29, 1.82) is 0 Å². The number of hydrogen-bond donors (Lipinski definition) is 1. The standard InChI is InChI=1S/2C13H20OSi.C13H22OSi.C11H14O.C7H6O.2Li.H2/c2*1-4-5-9-12-11-8-6-7-10-13(11)15(2,3)14-12;1-4-5-9-12(14)11-8-6-7-10-13(11)15(2)3;1-2-3-9-11(12)10-7-5-4-6-8-10;8-6-7-4-2-1-3-5-7;;;/h2*6-8,10,12H,4-5,9H2,1-3H3;6-8,10,12,14-15H,4-5,9H2,1-3H3;4-7,11H,2-3,9H2,1H3;1-6H;;;1H/q;;;-2;;2*+1;. The monoisotopic (exact) mass is 947 g/mol. The molecule has 10 heteroatoms. The van der Waals surface area contributed by atoms with Crippen LogP contribution in [0, 0.1) is 6.07 Å². The number of fused-ring (bicyclic) bond motifs is 2. The summed E-state index contributed by atoms with van der Waals surface area (Å²) in [4.78, 5) is 10.0. The van der Waals surface area contributed by atoms with Gasteiger partial charge in [-0.1, -0.05) is 207 Å². The normalized spacial score (nSPS) is 16.4. The molecule has 5 aromatic rings. The van der Waals surface area contributed by atoms with Gasteiger partial charge in [-0.05, 0) is 72.5 Å². The van der Waals surface area contributed by atoms with E-state index in [0.717, 1.165) is 55.9 Å². The van der Waals surface area contributed by atoms with Gasteiger partial charge in [0.1, 0.15) is 6.29 Å². The molecule has 7 rings (SSSR count). The fraction of sp³-hybridized carbons (Fsp3) is 0.456. The van der Waals surface area contributed by atoms with Gasteiger partial charge in [-0.25, -0.2) is 0 Å². The van der Waals surface area contributed by atoms with Crippen LogP contribution in [0.2, 0.25) is 39.3 Å². The van der Waals surface area contributed by atoms with E-state index in [0.29, 0.717) is 12.2 Å². The van der Waals surface area contributed by atoms with Gasteiger partial charge in [0.25, 0.3) is 0 Å². The molecule has 2 heterocycles. The SMILES string of the molecule is CCCCC(O)c1ccccc1[SiH](C)C.CCCCC([O-])c1[c-]cccc1.CCCCC1O[Si](C)(C)c2ccccc21.CCCCC1O[Si](C)(C)c2ccccc21.O=Cc1ccccc1.[HH].[Li+].[Li+]. The van der Waals surface area contributed by atoms with Crippen LogP contribution >= 0.6 is 0 Å². The predicted octanol–water partition coefficient (Wildman–Crippen LogP) is 7.16. The van der Waals surface area contributed by atoms with Crippen LogP contribution in [0.15, 0.2) is 127 Å². The zero-order valence-corrected chi connectivity index (χ0v) is 46.8. The van der Waals surface area contributed by atoms with Crippen molar-refractivity contribution in [2.75, 3.05) is 0 Å². The molecular formula is C57H84Li2O5Si3. The third-order valence-corrected chi connectivity index (χ3v) is 19.1. The average Bonchev–Trinajstić information content (AvgIpc) is 3.76. The van der Waals surface area contributed by atoms with Gasteiger partial charge in [-0.3, -0.25) is 4.79 Å². The maximum atomic E-state index is 11.5. The summed E-state index contributed by atoms with van der Waals surface area (Å²) in [6, 6.07) is 45.4. The first-order chi connectivity index (χ1) is 31.2. The van der Waals surface area contributed by atoms with Gasteiger partial charge >= 0.3 is 37.7 Å². The van der Waals surface area contributed by atoms with Crippen LogP contribution in [-0.4, -0.2) is 36.8 Å². The van der Waals surface area contributed by atoms with Gasteiger partial charge < -0.3 is 19.1 Å². The first-order valence-electron chi connectivity index (χ1n) is 24.7. The topological polar surface area (TPSA) is 78.8 Å². The van der Waals surface area contributed by atoms with Gasteiger partial charge in [0.2, 0.25) is 16.6 Å². The van der Waals surface area contributed by atoms with E-state index in [-0.39, 0.29) is 45.3 Å². The molecule has 5 nitrogen and oxygen atoms in total. The minimum atomic E-state index is -1.57. The Morgan fingerprint density at radius 2 is 1.09 bits per heavy atom. The maximum absolute atomic E-state index is 11.5. The van der Waals surface area contributed by atoms with Crippen molar-refractivity contribution in [3.8, 4) is 0 Å². The van der Waals surface area contributed by atoms with Crippen LogP contribution in [0.5, 0.6) is 0 Å². The van der Waals surface area contributed by atoms with Crippen LogP contribution in [-0.2, 0) is 8.85 Å². The van der Waals surface area contributed by atoms with Crippen LogP contribution in [0.3, 0.4) is 0 Å². The fourth-order valence-corrected chi connectivity index (χ4v) is 14.9. The Bertz CT molecular complexity index is 1980. The number of aliphatic hydroxyl groups is 1. The molecule has 0 amide bonds. The Morgan fingerprint density at radius 3 is 1.54 bits per heavy atom. The molecule has 0 aromatic heterocycles. The smallest absolute Gasteiger partial charge is 0.850 e. The summed E-state index contributed by atoms with van der Waals surface area (Å²) >= 11 is 0. The van der Waals surface area contributed by atoms with E-state index < -0.39 is 31.5 Å². The van der Waals surface area contributed by atoms with E-state index >= 15 is 0 Å². The number of hydrogen-bond acceptors (Lipinski definition) is 5. The Hall–Kier alpha value is -2.54. The summed E-state index contributed by atoms with van der Waals surface area (Å²) in [6.07, 6.45) is 14.2. The molecule has 67 heavy (non-hydrogen) atoms. The van der Waals surface area contributed by atoms with Gasteiger partial charge in [-0.15, -0.1) is 6.10 Å². The summed E-state index contributed by atoms with van der Waals surface area (Å²) in [5, 5.41) is 26.0. The zero-order valence-electron chi connectivity index (χ0n) is 43.7. The molecule has 0 aliphatic carbocycles. The Labute approximate surface area is 437 Å². The molecule has 2 aliphatic rings. The van der Waals surface area contributed by atoms with Crippen molar-refractivity contribution in [1.82, 2.24) is 0 Å². The van der Waals surface area contributed by atoms with Gasteiger partial charge in [-0.2, -0.15) is 35.9 Å². The summed E-state index contributed by atoms with van der Waals surface area (Å²) < 4.78 is 12.5. The summed E-state index contributed by atoms with van der Waals surface area (Å²) in [5.74, 6) is 0. The number of carbonyl (C=O) groups is 1. The molecule has 4 atom stereocenters. The first-order valence-corrected chi connectivity index (χ1v) is 33.4. The number of carbonyl (C=O) groups excluding carboxylic acids is 1.